The quantitative estimate of drug-likeness (QED) is 0.727. The van der Waals surface area contributed by atoms with E-state index in [0.717, 1.165) is 5.69 Å². The molecule has 2 rings (SSSR count). The minimum atomic E-state index is -0.0360. The monoisotopic (exact) mass is 245 g/mol. The van der Waals surface area contributed by atoms with Gasteiger partial charge in [0.1, 0.15) is 0 Å². The highest BCUT2D eigenvalue weighted by Gasteiger charge is 2.20. The normalized spacial score (nSPS) is 14.3. The molecule has 0 N–H and O–H groups in total. The van der Waals surface area contributed by atoms with Gasteiger partial charge in [0.2, 0.25) is 0 Å². The molecule has 0 saturated heterocycles. The van der Waals surface area contributed by atoms with E-state index in [-0.39, 0.29) is 11.3 Å². The van der Waals surface area contributed by atoms with Gasteiger partial charge in [0, 0.05) is 17.8 Å². The van der Waals surface area contributed by atoms with Gasteiger partial charge >= 0.3 is 0 Å². The number of alkyl halides is 1. The number of halogens is 1. The summed E-state index contributed by atoms with van der Waals surface area (Å²) < 4.78 is 0. The summed E-state index contributed by atoms with van der Waals surface area (Å²) in [5, 5.41) is -0.0360. The Hall–Kier alpha value is -1.34. The van der Waals surface area contributed by atoms with Crippen LogP contribution in [0, 0.1) is 6.92 Å². The summed E-state index contributed by atoms with van der Waals surface area (Å²) in [6.45, 7) is 4.21. The number of hydrogen-bond donors (Lipinski definition) is 0. The molecular weight excluding hydrogens is 230 g/mol. The molecule has 0 aliphatic carbocycles. The Balaban J connectivity index is 2.27. The predicted octanol–water partition coefficient (Wildman–Crippen LogP) is 4.47. The second-order valence-corrected chi connectivity index (χ2v) is 4.77. The van der Waals surface area contributed by atoms with Gasteiger partial charge in [-0.1, -0.05) is 37.3 Å². The average Bonchev–Trinajstić information content (AvgIpc) is 2.39. The highest BCUT2D eigenvalue weighted by molar-refractivity contribution is 6.21. The smallest absolute Gasteiger partial charge is 0.0668 e. The fraction of sp³-hybridized carbons (Fsp3) is 0.267. The summed E-state index contributed by atoms with van der Waals surface area (Å²) >= 11 is 6.56. The molecular formula is C15H16ClN. The zero-order valence-corrected chi connectivity index (χ0v) is 10.9. The van der Waals surface area contributed by atoms with Crippen molar-refractivity contribution >= 4 is 11.6 Å². The molecule has 0 aliphatic heterocycles. The van der Waals surface area contributed by atoms with E-state index in [4.69, 9.17) is 11.6 Å². The minimum Gasteiger partial charge on any atom is -0.261 e. The standard InChI is InChI=1S/C15H16ClN/c1-11-7-3-4-8-13(11)15(16)12(2)14-9-5-6-10-17-14/h3-10,12,15H,1-2H3. The number of hydrogen-bond acceptors (Lipinski definition) is 1. The summed E-state index contributed by atoms with van der Waals surface area (Å²) in [5.41, 5.74) is 3.46. The van der Waals surface area contributed by atoms with E-state index in [0.29, 0.717) is 0 Å². The molecule has 0 saturated carbocycles. The molecule has 2 atom stereocenters. The Morgan fingerprint density at radius 2 is 1.76 bits per heavy atom. The van der Waals surface area contributed by atoms with Crippen molar-refractivity contribution in [2.75, 3.05) is 0 Å². The van der Waals surface area contributed by atoms with E-state index >= 15 is 0 Å². The summed E-state index contributed by atoms with van der Waals surface area (Å²) in [6.07, 6.45) is 1.81. The van der Waals surface area contributed by atoms with E-state index in [1.54, 1.807) is 0 Å². The van der Waals surface area contributed by atoms with Crippen LogP contribution in [0.25, 0.3) is 0 Å². The van der Waals surface area contributed by atoms with Gasteiger partial charge in [-0.15, -0.1) is 11.6 Å². The van der Waals surface area contributed by atoms with Gasteiger partial charge in [-0.05, 0) is 30.2 Å². The summed E-state index contributed by atoms with van der Waals surface area (Å²) in [6, 6.07) is 14.2. The van der Waals surface area contributed by atoms with E-state index in [1.165, 1.54) is 11.1 Å². The molecule has 88 valence electrons. The van der Waals surface area contributed by atoms with Crippen LogP contribution in [0.5, 0.6) is 0 Å². The number of benzene rings is 1. The summed E-state index contributed by atoms with van der Waals surface area (Å²) in [7, 11) is 0. The average molecular weight is 246 g/mol. The number of rotatable bonds is 3. The van der Waals surface area contributed by atoms with Crippen molar-refractivity contribution in [3.05, 3.63) is 65.5 Å². The third kappa shape index (κ3) is 2.67. The van der Waals surface area contributed by atoms with Crippen LogP contribution >= 0.6 is 11.6 Å². The van der Waals surface area contributed by atoms with Gasteiger partial charge in [-0.3, -0.25) is 4.98 Å². The Bertz CT molecular complexity index is 481. The highest BCUT2D eigenvalue weighted by atomic mass is 35.5. The van der Waals surface area contributed by atoms with Gasteiger partial charge in [-0.2, -0.15) is 0 Å². The van der Waals surface area contributed by atoms with Crippen molar-refractivity contribution in [2.45, 2.75) is 25.1 Å². The molecule has 2 aromatic rings. The number of pyridine rings is 1. The molecule has 2 heteroatoms. The molecule has 0 fully saturated rings. The van der Waals surface area contributed by atoms with E-state index in [2.05, 4.69) is 31.0 Å². The first kappa shape index (κ1) is 12.1. The lowest BCUT2D eigenvalue weighted by Gasteiger charge is -2.19. The van der Waals surface area contributed by atoms with Crippen LogP contribution in [0.1, 0.15) is 35.0 Å². The van der Waals surface area contributed by atoms with Crippen LogP contribution in [0.4, 0.5) is 0 Å². The third-order valence-corrected chi connectivity index (χ3v) is 3.69. The fourth-order valence-electron chi connectivity index (χ4n) is 1.96. The van der Waals surface area contributed by atoms with Gasteiger partial charge < -0.3 is 0 Å². The van der Waals surface area contributed by atoms with Crippen LogP contribution < -0.4 is 0 Å². The van der Waals surface area contributed by atoms with E-state index < -0.39 is 0 Å². The van der Waals surface area contributed by atoms with E-state index in [1.807, 2.05) is 36.5 Å². The fourth-order valence-corrected chi connectivity index (χ4v) is 2.33. The molecule has 1 nitrogen and oxygen atoms in total. The maximum absolute atomic E-state index is 6.56. The molecule has 0 spiro atoms. The highest BCUT2D eigenvalue weighted by Crippen LogP contribution is 2.36. The molecule has 1 aromatic heterocycles. The third-order valence-electron chi connectivity index (χ3n) is 3.08. The van der Waals surface area contributed by atoms with Crippen LogP contribution in [-0.2, 0) is 0 Å². The molecule has 0 aliphatic rings. The zero-order chi connectivity index (χ0) is 12.3. The Kier molecular flexibility index (Phi) is 3.80. The number of nitrogens with zero attached hydrogens (tertiary/aromatic N) is 1. The van der Waals surface area contributed by atoms with Crippen LogP contribution in [0.3, 0.4) is 0 Å². The topological polar surface area (TPSA) is 12.9 Å². The first-order valence-electron chi connectivity index (χ1n) is 5.80. The molecule has 1 heterocycles. The molecule has 0 amide bonds. The van der Waals surface area contributed by atoms with Crippen LogP contribution in [0.2, 0.25) is 0 Å². The Morgan fingerprint density at radius 3 is 2.41 bits per heavy atom. The van der Waals surface area contributed by atoms with Gasteiger partial charge in [0.15, 0.2) is 0 Å². The minimum absolute atomic E-state index is 0.0360. The van der Waals surface area contributed by atoms with Crippen molar-refractivity contribution in [3.8, 4) is 0 Å². The van der Waals surface area contributed by atoms with Crippen molar-refractivity contribution in [1.29, 1.82) is 0 Å². The predicted molar refractivity (Wildman–Crippen MR) is 72.4 cm³/mol. The number of aromatic nitrogens is 1. The van der Waals surface area contributed by atoms with Crippen molar-refractivity contribution in [3.63, 3.8) is 0 Å². The molecule has 2 unspecified atom stereocenters. The zero-order valence-electron chi connectivity index (χ0n) is 10.1. The van der Waals surface area contributed by atoms with Crippen molar-refractivity contribution in [2.24, 2.45) is 0 Å². The SMILES string of the molecule is Cc1ccccc1C(Cl)C(C)c1ccccn1. The molecule has 0 bridgehead atoms. The maximum Gasteiger partial charge on any atom is 0.0668 e. The lowest BCUT2D eigenvalue weighted by molar-refractivity contribution is 0.703. The molecule has 1 aromatic carbocycles. The Labute approximate surface area is 107 Å². The molecule has 17 heavy (non-hydrogen) atoms. The summed E-state index contributed by atoms with van der Waals surface area (Å²) in [4.78, 5) is 4.37. The van der Waals surface area contributed by atoms with Crippen LogP contribution in [-0.4, -0.2) is 4.98 Å². The van der Waals surface area contributed by atoms with E-state index in [9.17, 15) is 0 Å². The second-order valence-electron chi connectivity index (χ2n) is 4.30. The molecule has 0 radical (unpaired) electrons. The lowest BCUT2D eigenvalue weighted by Crippen LogP contribution is -2.05. The van der Waals surface area contributed by atoms with Crippen molar-refractivity contribution < 1.29 is 0 Å². The summed E-state index contributed by atoms with van der Waals surface area (Å²) in [5.74, 6) is 0.207. The number of aryl methyl sites for hydroxylation is 1. The van der Waals surface area contributed by atoms with Crippen LogP contribution in [0.15, 0.2) is 48.7 Å². The first-order valence-corrected chi connectivity index (χ1v) is 6.24. The second kappa shape index (κ2) is 5.33. The first-order chi connectivity index (χ1) is 8.20. The lowest BCUT2D eigenvalue weighted by atomic mass is 9.94. The van der Waals surface area contributed by atoms with Gasteiger partial charge in [0.25, 0.3) is 0 Å². The Morgan fingerprint density at radius 1 is 1.06 bits per heavy atom. The van der Waals surface area contributed by atoms with Gasteiger partial charge in [-0.25, -0.2) is 0 Å². The van der Waals surface area contributed by atoms with Gasteiger partial charge in [0.05, 0.1) is 5.38 Å². The largest absolute Gasteiger partial charge is 0.261 e. The maximum atomic E-state index is 6.56. The van der Waals surface area contributed by atoms with Crippen molar-refractivity contribution in [1.82, 2.24) is 4.98 Å².